The maximum absolute atomic E-state index is 9.05. The molecule has 0 aliphatic rings. The molecule has 0 aliphatic heterocycles. The number of rotatable bonds is 7. The van der Waals surface area contributed by atoms with E-state index in [1.54, 1.807) is 0 Å². The zero-order valence-electron chi connectivity index (χ0n) is 11.0. The summed E-state index contributed by atoms with van der Waals surface area (Å²) in [5.41, 5.74) is -0.411. The number of nitrogens with one attached hydrogen (secondary N) is 1. The monoisotopic (exact) mass is 234 g/mol. The highest BCUT2D eigenvalue weighted by atomic mass is 15.1. The Hall–Kier alpha value is -1.34. The molecule has 0 spiro atoms. The van der Waals surface area contributed by atoms with E-state index in [0.29, 0.717) is 0 Å². The molecule has 0 aromatic carbocycles. The van der Waals surface area contributed by atoms with Crippen LogP contribution in [0.1, 0.15) is 38.9 Å². The lowest BCUT2D eigenvalue weighted by Gasteiger charge is -2.20. The van der Waals surface area contributed by atoms with Crippen molar-refractivity contribution in [2.24, 2.45) is 0 Å². The maximum Gasteiger partial charge on any atom is 0.108 e. The molecule has 94 valence electrons. The Morgan fingerprint density at radius 2 is 2.35 bits per heavy atom. The second kappa shape index (κ2) is 6.41. The summed E-state index contributed by atoms with van der Waals surface area (Å²) in [5, 5.41) is 12.1. The van der Waals surface area contributed by atoms with Crippen molar-refractivity contribution in [2.75, 3.05) is 7.05 Å². The van der Waals surface area contributed by atoms with Crippen molar-refractivity contribution >= 4 is 0 Å². The molecule has 1 heterocycles. The van der Waals surface area contributed by atoms with Gasteiger partial charge in [-0.2, -0.15) is 5.26 Å². The van der Waals surface area contributed by atoms with Crippen LogP contribution in [-0.2, 0) is 13.0 Å². The third-order valence-corrected chi connectivity index (χ3v) is 3.15. The van der Waals surface area contributed by atoms with Gasteiger partial charge in [-0.3, -0.25) is 0 Å². The van der Waals surface area contributed by atoms with Gasteiger partial charge in [-0.05, 0) is 33.2 Å². The topological polar surface area (TPSA) is 53.6 Å². The molecule has 0 fully saturated rings. The minimum Gasteiger partial charge on any atom is -0.335 e. The van der Waals surface area contributed by atoms with E-state index in [0.717, 1.165) is 38.1 Å². The Morgan fingerprint density at radius 3 is 2.94 bits per heavy atom. The summed E-state index contributed by atoms with van der Waals surface area (Å²) in [4.78, 5) is 4.34. The van der Waals surface area contributed by atoms with Gasteiger partial charge in [0.2, 0.25) is 0 Å². The molecule has 0 bridgehead atoms. The van der Waals surface area contributed by atoms with Crippen LogP contribution in [0.5, 0.6) is 0 Å². The molecule has 4 heteroatoms. The van der Waals surface area contributed by atoms with Crippen LogP contribution >= 0.6 is 0 Å². The van der Waals surface area contributed by atoms with Gasteiger partial charge in [0.05, 0.1) is 6.07 Å². The number of hydrogen-bond donors (Lipinski definition) is 1. The summed E-state index contributed by atoms with van der Waals surface area (Å²) in [5.74, 6) is 1.15. The van der Waals surface area contributed by atoms with Gasteiger partial charge < -0.3 is 9.88 Å². The summed E-state index contributed by atoms with van der Waals surface area (Å²) < 4.78 is 2.19. The number of nitriles is 1. The summed E-state index contributed by atoms with van der Waals surface area (Å²) in [6, 6.07) is 2.31. The smallest absolute Gasteiger partial charge is 0.108 e. The molecule has 1 aromatic heterocycles. The van der Waals surface area contributed by atoms with E-state index < -0.39 is 5.54 Å². The molecule has 0 aliphatic carbocycles. The van der Waals surface area contributed by atoms with Crippen LogP contribution in [0.15, 0.2) is 12.4 Å². The Kier molecular flexibility index (Phi) is 5.17. The van der Waals surface area contributed by atoms with Crippen molar-refractivity contribution in [3.8, 4) is 6.07 Å². The Labute approximate surface area is 104 Å². The predicted octanol–water partition coefficient (Wildman–Crippen LogP) is 2.12. The summed E-state index contributed by atoms with van der Waals surface area (Å²) >= 11 is 0. The van der Waals surface area contributed by atoms with Gasteiger partial charge in [0.15, 0.2) is 0 Å². The molecular formula is C13H22N4. The lowest BCUT2D eigenvalue weighted by atomic mass is 9.98. The lowest BCUT2D eigenvalue weighted by Crippen LogP contribution is -2.38. The zero-order valence-corrected chi connectivity index (χ0v) is 11.0. The zero-order chi connectivity index (χ0) is 12.7. The number of aryl methyl sites for hydroxylation is 2. The van der Waals surface area contributed by atoms with Crippen LogP contribution in [0.2, 0.25) is 0 Å². The van der Waals surface area contributed by atoms with Crippen LogP contribution in [0.25, 0.3) is 0 Å². The standard InChI is InChI=1S/C13H22N4/c1-4-6-12-16-8-10-17(12)9-5-7-13(2,11-14)15-3/h8,10,15H,4-7,9H2,1-3H3. The van der Waals surface area contributed by atoms with Gasteiger partial charge in [0, 0.05) is 25.4 Å². The third-order valence-electron chi connectivity index (χ3n) is 3.15. The molecule has 0 radical (unpaired) electrons. The molecule has 17 heavy (non-hydrogen) atoms. The highest BCUT2D eigenvalue weighted by Crippen LogP contribution is 2.12. The Bertz CT molecular complexity index is 377. The van der Waals surface area contributed by atoms with Crippen molar-refractivity contribution in [1.82, 2.24) is 14.9 Å². The molecule has 4 nitrogen and oxygen atoms in total. The molecular weight excluding hydrogens is 212 g/mol. The highest BCUT2D eigenvalue weighted by molar-refractivity contribution is 5.02. The first-order valence-electron chi connectivity index (χ1n) is 6.25. The largest absolute Gasteiger partial charge is 0.335 e. The van der Waals surface area contributed by atoms with Gasteiger partial charge in [-0.25, -0.2) is 4.98 Å². The number of aromatic nitrogens is 2. The van der Waals surface area contributed by atoms with E-state index in [4.69, 9.17) is 5.26 Å². The first-order chi connectivity index (χ1) is 8.15. The van der Waals surface area contributed by atoms with Crippen LogP contribution in [0.3, 0.4) is 0 Å². The number of hydrogen-bond acceptors (Lipinski definition) is 3. The molecule has 1 atom stereocenters. The third kappa shape index (κ3) is 3.86. The average Bonchev–Trinajstić information content (AvgIpc) is 2.77. The summed E-state index contributed by atoms with van der Waals surface area (Å²) in [7, 11) is 1.84. The van der Waals surface area contributed by atoms with E-state index in [-0.39, 0.29) is 0 Å². The van der Waals surface area contributed by atoms with Crippen molar-refractivity contribution in [3.63, 3.8) is 0 Å². The number of nitrogens with zero attached hydrogens (tertiary/aromatic N) is 3. The van der Waals surface area contributed by atoms with Crippen molar-refractivity contribution < 1.29 is 0 Å². The molecule has 1 aromatic rings. The fraction of sp³-hybridized carbons (Fsp3) is 0.692. The Morgan fingerprint density at radius 1 is 1.59 bits per heavy atom. The minimum atomic E-state index is -0.411. The molecule has 0 amide bonds. The van der Waals surface area contributed by atoms with Gasteiger partial charge in [-0.15, -0.1) is 0 Å². The fourth-order valence-electron chi connectivity index (χ4n) is 1.84. The van der Waals surface area contributed by atoms with Gasteiger partial charge in [0.1, 0.15) is 11.4 Å². The molecule has 1 unspecified atom stereocenters. The van der Waals surface area contributed by atoms with Crippen molar-refractivity contribution in [1.29, 1.82) is 5.26 Å². The molecule has 0 saturated heterocycles. The maximum atomic E-state index is 9.05. The van der Waals surface area contributed by atoms with Crippen molar-refractivity contribution in [3.05, 3.63) is 18.2 Å². The first kappa shape index (κ1) is 13.7. The summed E-state index contributed by atoms with van der Waals surface area (Å²) in [6.45, 7) is 5.04. The van der Waals surface area contributed by atoms with E-state index in [2.05, 4.69) is 27.9 Å². The quantitative estimate of drug-likeness (QED) is 0.786. The summed E-state index contributed by atoms with van der Waals surface area (Å²) in [6.07, 6.45) is 7.85. The van der Waals surface area contributed by atoms with E-state index >= 15 is 0 Å². The second-order valence-electron chi connectivity index (χ2n) is 4.58. The SMILES string of the molecule is CCCc1nccn1CCCC(C)(C#N)NC. The van der Waals surface area contributed by atoms with Gasteiger partial charge in [-0.1, -0.05) is 6.92 Å². The normalized spacial score (nSPS) is 14.2. The molecule has 1 rings (SSSR count). The average molecular weight is 234 g/mol. The van der Waals surface area contributed by atoms with E-state index in [1.807, 2.05) is 26.4 Å². The van der Waals surface area contributed by atoms with Crippen LogP contribution in [0, 0.1) is 11.3 Å². The second-order valence-corrected chi connectivity index (χ2v) is 4.58. The van der Waals surface area contributed by atoms with Crippen LogP contribution < -0.4 is 5.32 Å². The van der Waals surface area contributed by atoms with Crippen molar-refractivity contribution in [2.45, 2.75) is 51.6 Å². The van der Waals surface area contributed by atoms with Crippen LogP contribution in [-0.4, -0.2) is 22.1 Å². The highest BCUT2D eigenvalue weighted by Gasteiger charge is 2.20. The Balaban J connectivity index is 2.46. The van der Waals surface area contributed by atoms with E-state index in [1.165, 1.54) is 0 Å². The fourth-order valence-corrected chi connectivity index (χ4v) is 1.84. The first-order valence-corrected chi connectivity index (χ1v) is 6.25. The lowest BCUT2D eigenvalue weighted by molar-refractivity contribution is 0.420. The number of imidazole rings is 1. The van der Waals surface area contributed by atoms with E-state index in [9.17, 15) is 0 Å². The molecule has 1 N–H and O–H groups in total. The minimum absolute atomic E-state index is 0.411. The van der Waals surface area contributed by atoms with Gasteiger partial charge >= 0.3 is 0 Å². The van der Waals surface area contributed by atoms with Gasteiger partial charge in [0.25, 0.3) is 0 Å². The van der Waals surface area contributed by atoms with Crippen LogP contribution in [0.4, 0.5) is 0 Å². The predicted molar refractivity (Wildman–Crippen MR) is 68.5 cm³/mol. The molecule has 0 saturated carbocycles.